The summed E-state index contributed by atoms with van der Waals surface area (Å²) >= 11 is 0. The van der Waals surface area contributed by atoms with Gasteiger partial charge in [0.1, 0.15) is 17.9 Å². The smallest absolute Gasteiger partial charge is 0.321 e. The van der Waals surface area contributed by atoms with Crippen LogP contribution < -0.4 is 19.7 Å². The third-order valence-electron chi connectivity index (χ3n) is 7.21. The number of benzene rings is 2. The first-order valence-electron chi connectivity index (χ1n) is 13.4. The lowest BCUT2D eigenvalue weighted by Gasteiger charge is -2.35. The molecule has 10 heteroatoms. The Morgan fingerprint density at radius 2 is 1.74 bits per heavy atom. The van der Waals surface area contributed by atoms with Gasteiger partial charge in [0.05, 0.1) is 19.2 Å². The number of anilines is 2. The van der Waals surface area contributed by atoms with Gasteiger partial charge in [-0.3, -0.25) is 0 Å². The van der Waals surface area contributed by atoms with E-state index in [1.807, 2.05) is 12.1 Å². The molecule has 0 unspecified atom stereocenters. The number of carbonyl (C=O) groups excluding carboxylic acids is 1. The number of piperidine rings is 1. The molecule has 1 aromatic heterocycles. The third kappa shape index (κ3) is 6.19. The number of carbonyl (C=O) groups is 1. The molecule has 0 spiro atoms. The molecule has 5 rings (SSSR count). The van der Waals surface area contributed by atoms with Crippen molar-refractivity contribution >= 4 is 28.4 Å². The molecule has 0 atom stereocenters. The highest BCUT2D eigenvalue weighted by atomic mass is 16.5. The molecule has 10 nitrogen and oxygen atoms in total. The molecular formula is C28H36N6O4. The highest BCUT2D eigenvalue weighted by Gasteiger charge is 2.24. The fourth-order valence-electron chi connectivity index (χ4n) is 5.10. The minimum atomic E-state index is -0.161. The fourth-order valence-corrected chi connectivity index (χ4v) is 5.10. The number of amides is 2. The molecule has 2 saturated heterocycles. The van der Waals surface area contributed by atoms with E-state index >= 15 is 0 Å². The number of fused-ring (bicyclic) bond motifs is 1. The zero-order chi connectivity index (χ0) is 26.3. The Morgan fingerprint density at radius 1 is 0.974 bits per heavy atom. The summed E-state index contributed by atoms with van der Waals surface area (Å²) in [6, 6.07) is 10.2. The molecular weight excluding hydrogens is 484 g/mol. The number of ether oxygens (including phenoxy) is 2. The van der Waals surface area contributed by atoms with Gasteiger partial charge < -0.3 is 34.6 Å². The first-order chi connectivity index (χ1) is 18.6. The highest BCUT2D eigenvalue weighted by molar-refractivity contribution is 5.92. The SMILES string of the molecule is COc1cc2c(N3CCN(C(=O)Nc4ccc(O)cc4)CC3)ncnc2cc1OCCCN1CCCCC1. The van der Waals surface area contributed by atoms with E-state index in [-0.39, 0.29) is 11.8 Å². The molecule has 38 heavy (non-hydrogen) atoms. The lowest BCUT2D eigenvalue weighted by Crippen LogP contribution is -2.50. The number of aromatic nitrogens is 2. The van der Waals surface area contributed by atoms with Gasteiger partial charge in [-0.15, -0.1) is 0 Å². The van der Waals surface area contributed by atoms with Crippen LogP contribution in [0.2, 0.25) is 0 Å². The molecule has 0 radical (unpaired) electrons. The van der Waals surface area contributed by atoms with Gasteiger partial charge in [-0.05, 0) is 62.7 Å². The number of phenols is 1. The van der Waals surface area contributed by atoms with Gasteiger partial charge in [-0.2, -0.15) is 0 Å². The standard InChI is InChI=1S/C28H36N6O4/c1-37-25-18-23-24(19-26(25)38-17-5-12-32-10-3-2-4-11-32)29-20-30-27(23)33-13-15-34(16-14-33)28(36)31-21-6-8-22(35)9-7-21/h6-9,18-20,35H,2-5,10-17H2,1H3,(H,31,36). The Balaban J connectivity index is 1.21. The van der Waals surface area contributed by atoms with Gasteiger partial charge in [0, 0.05) is 49.9 Å². The molecule has 0 bridgehead atoms. The molecule has 2 amide bonds. The third-order valence-corrected chi connectivity index (χ3v) is 7.21. The number of piperazine rings is 1. The van der Waals surface area contributed by atoms with E-state index in [0.717, 1.165) is 29.7 Å². The van der Waals surface area contributed by atoms with Crippen LogP contribution in [0.25, 0.3) is 10.9 Å². The molecule has 2 N–H and O–H groups in total. The Morgan fingerprint density at radius 3 is 2.47 bits per heavy atom. The zero-order valence-electron chi connectivity index (χ0n) is 21.9. The van der Waals surface area contributed by atoms with Gasteiger partial charge in [-0.25, -0.2) is 14.8 Å². The van der Waals surface area contributed by atoms with E-state index in [4.69, 9.17) is 9.47 Å². The van der Waals surface area contributed by atoms with Crippen molar-refractivity contribution in [3.8, 4) is 17.2 Å². The summed E-state index contributed by atoms with van der Waals surface area (Å²) < 4.78 is 11.8. The Kier molecular flexibility index (Phi) is 8.28. The average molecular weight is 521 g/mol. The first kappa shape index (κ1) is 25.8. The molecule has 2 aliphatic rings. The first-order valence-corrected chi connectivity index (χ1v) is 13.4. The second-order valence-corrected chi connectivity index (χ2v) is 9.77. The van der Waals surface area contributed by atoms with Crippen LogP contribution in [-0.2, 0) is 0 Å². The fraction of sp³-hybridized carbons (Fsp3) is 0.464. The lowest BCUT2D eigenvalue weighted by molar-refractivity contribution is 0.203. The van der Waals surface area contributed by atoms with Crippen LogP contribution in [0.15, 0.2) is 42.7 Å². The maximum Gasteiger partial charge on any atom is 0.321 e. The van der Waals surface area contributed by atoms with Crippen molar-refractivity contribution in [2.45, 2.75) is 25.7 Å². The molecule has 2 aromatic carbocycles. The second-order valence-electron chi connectivity index (χ2n) is 9.77. The zero-order valence-corrected chi connectivity index (χ0v) is 21.9. The average Bonchev–Trinajstić information content (AvgIpc) is 2.96. The summed E-state index contributed by atoms with van der Waals surface area (Å²) in [6.45, 7) is 6.48. The highest BCUT2D eigenvalue weighted by Crippen LogP contribution is 2.35. The van der Waals surface area contributed by atoms with Crippen LogP contribution in [-0.4, -0.2) is 90.4 Å². The van der Waals surface area contributed by atoms with Crippen LogP contribution in [0.3, 0.4) is 0 Å². The summed E-state index contributed by atoms with van der Waals surface area (Å²) in [5.41, 5.74) is 1.45. The molecule has 3 heterocycles. The summed E-state index contributed by atoms with van der Waals surface area (Å²) in [5.74, 6) is 2.35. The molecule has 0 saturated carbocycles. The van der Waals surface area contributed by atoms with E-state index in [9.17, 15) is 9.90 Å². The summed E-state index contributed by atoms with van der Waals surface area (Å²) in [5, 5.41) is 13.2. The number of aromatic hydroxyl groups is 1. The Hall–Kier alpha value is -3.79. The molecule has 2 fully saturated rings. The summed E-state index contributed by atoms with van der Waals surface area (Å²) in [6.07, 6.45) is 6.49. The van der Waals surface area contributed by atoms with E-state index < -0.39 is 0 Å². The molecule has 202 valence electrons. The van der Waals surface area contributed by atoms with E-state index in [0.29, 0.717) is 50.0 Å². The number of hydrogen-bond acceptors (Lipinski definition) is 8. The monoisotopic (exact) mass is 520 g/mol. The number of phenolic OH excluding ortho intramolecular Hbond substituents is 1. The van der Waals surface area contributed by atoms with Gasteiger partial charge in [0.15, 0.2) is 11.5 Å². The van der Waals surface area contributed by atoms with Gasteiger partial charge >= 0.3 is 6.03 Å². The number of likely N-dealkylation sites (tertiary alicyclic amines) is 1. The van der Waals surface area contributed by atoms with Crippen LogP contribution >= 0.6 is 0 Å². The topological polar surface area (TPSA) is 103 Å². The largest absolute Gasteiger partial charge is 0.508 e. The van der Waals surface area contributed by atoms with Crippen molar-refractivity contribution in [3.63, 3.8) is 0 Å². The van der Waals surface area contributed by atoms with Crippen LogP contribution in [0.4, 0.5) is 16.3 Å². The van der Waals surface area contributed by atoms with Gasteiger partial charge in [-0.1, -0.05) is 6.42 Å². The Bertz CT molecular complexity index is 1220. The number of urea groups is 1. The predicted octanol–water partition coefficient (Wildman–Crippen LogP) is 3.95. The van der Waals surface area contributed by atoms with Crippen molar-refractivity contribution in [2.75, 3.05) is 69.7 Å². The number of rotatable bonds is 8. The van der Waals surface area contributed by atoms with Gasteiger partial charge in [0.25, 0.3) is 0 Å². The molecule has 0 aliphatic carbocycles. The maximum atomic E-state index is 12.7. The minimum Gasteiger partial charge on any atom is -0.508 e. The van der Waals surface area contributed by atoms with E-state index in [1.54, 1.807) is 42.6 Å². The predicted molar refractivity (Wildman–Crippen MR) is 147 cm³/mol. The number of nitrogens with one attached hydrogen (secondary N) is 1. The minimum absolute atomic E-state index is 0.161. The van der Waals surface area contributed by atoms with Crippen molar-refractivity contribution in [3.05, 3.63) is 42.7 Å². The molecule has 2 aliphatic heterocycles. The maximum absolute atomic E-state index is 12.7. The summed E-state index contributed by atoms with van der Waals surface area (Å²) in [7, 11) is 1.65. The van der Waals surface area contributed by atoms with Crippen molar-refractivity contribution in [1.82, 2.24) is 19.8 Å². The molecule has 3 aromatic rings. The lowest BCUT2D eigenvalue weighted by atomic mass is 10.1. The quantitative estimate of drug-likeness (QED) is 0.340. The van der Waals surface area contributed by atoms with Gasteiger partial charge in [0.2, 0.25) is 0 Å². The van der Waals surface area contributed by atoms with Crippen molar-refractivity contribution in [1.29, 1.82) is 0 Å². The van der Waals surface area contributed by atoms with Crippen molar-refractivity contribution < 1.29 is 19.4 Å². The number of hydrogen-bond donors (Lipinski definition) is 2. The van der Waals surface area contributed by atoms with Crippen molar-refractivity contribution in [2.24, 2.45) is 0 Å². The second kappa shape index (κ2) is 12.2. The Labute approximate surface area is 223 Å². The number of methoxy groups -OCH3 is 1. The van der Waals surface area contributed by atoms with Crippen LogP contribution in [0.1, 0.15) is 25.7 Å². The van der Waals surface area contributed by atoms with Crippen LogP contribution in [0.5, 0.6) is 17.2 Å². The number of nitrogens with zero attached hydrogens (tertiary/aromatic N) is 5. The van der Waals surface area contributed by atoms with E-state index in [2.05, 4.69) is 25.1 Å². The summed E-state index contributed by atoms with van der Waals surface area (Å²) in [4.78, 5) is 28.2. The van der Waals surface area contributed by atoms with Crippen LogP contribution in [0, 0.1) is 0 Å². The normalized spacial score (nSPS) is 16.4. The van der Waals surface area contributed by atoms with E-state index in [1.165, 1.54) is 32.4 Å².